The lowest BCUT2D eigenvalue weighted by Crippen LogP contribution is -2.51. The molecule has 2 N–H and O–H groups in total. The first-order valence-corrected chi connectivity index (χ1v) is 7.26. The maximum atomic E-state index is 12.3. The SMILES string of the molecule is CCC(C)(NC(=O)c1nc(-c2ccco2)sc1C)C(=O)O. The Morgan fingerprint density at radius 1 is 1.52 bits per heavy atom. The summed E-state index contributed by atoms with van der Waals surface area (Å²) in [4.78, 5) is 28.5. The quantitative estimate of drug-likeness (QED) is 0.886. The molecule has 1 unspecified atom stereocenters. The molecule has 6 nitrogen and oxygen atoms in total. The van der Waals surface area contributed by atoms with E-state index in [0.29, 0.717) is 15.6 Å². The number of aromatic nitrogens is 1. The molecule has 112 valence electrons. The highest BCUT2D eigenvalue weighted by Gasteiger charge is 2.34. The first kappa shape index (κ1) is 15.2. The van der Waals surface area contributed by atoms with Gasteiger partial charge in [-0.2, -0.15) is 0 Å². The third kappa shape index (κ3) is 2.97. The van der Waals surface area contributed by atoms with E-state index in [1.807, 2.05) is 0 Å². The van der Waals surface area contributed by atoms with Crippen molar-refractivity contribution >= 4 is 23.2 Å². The second-order valence-corrected chi connectivity index (χ2v) is 6.05. The summed E-state index contributed by atoms with van der Waals surface area (Å²) in [6.07, 6.45) is 1.81. The molecule has 0 aliphatic carbocycles. The Balaban J connectivity index is 2.26. The average Bonchev–Trinajstić information content (AvgIpc) is 3.06. The normalized spacial score (nSPS) is 13.7. The fourth-order valence-electron chi connectivity index (χ4n) is 1.72. The number of hydrogen-bond acceptors (Lipinski definition) is 5. The number of nitrogens with zero attached hydrogens (tertiary/aromatic N) is 1. The highest BCUT2D eigenvalue weighted by atomic mass is 32.1. The van der Waals surface area contributed by atoms with Crippen molar-refractivity contribution < 1.29 is 19.1 Å². The monoisotopic (exact) mass is 308 g/mol. The van der Waals surface area contributed by atoms with Crippen molar-refractivity contribution in [2.75, 3.05) is 0 Å². The number of carboxylic acid groups (broad SMARTS) is 1. The molecule has 1 atom stereocenters. The number of rotatable bonds is 5. The smallest absolute Gasteiger partial charge is 0.329 e. The largest absolute Gasteiger partial charge is 0.480 e. The van der Waals surface area contributed by atoms with Gasteiger partial charge in [0.05, 0.1) is 6.26 Å². The van der Waals surface area contributed by atoms with Crippen LogP contribution in [0.1, 0.15) is 35.6 Å². The molecule has 21 heavy (non-hydrogen) atoms. The van der Waals surface area contributed by atoms with Gasteiger partial charge in [0.15, 0.2) is 10.8 Å². The van der Waals surface area contributed by atoms with E-state index in [-0.39, 0.29) is 12.1 Å². The van der Waals surface area contributed by atoms with Crippen LogP contribution >= 0.6 is 11.3 Å². The number of aliphatic carboxylic acids is 1. The number of thiazole rings is 1. The van der Waals surface area contributed by atoms with E-state index in [1.165, 1.54) is 24.5 Å². The minimum Gasteiger partial charge on any atom is -0.480 e. The van der Waals surface area contributed by atoms with Crippen LogP contribution in [0.5, 0.6) is 0 Å². The molecule has 0 radical (unpaired) electrons. The second kappa shape index (κ2) is 5.69. The molecule has 2 aromatic rings. The van der Waals surface area contributed by atoms with Gasteiger partial charge >= 0.3 is 5.97 Å². The minimum absolute atomic E-state index is 0.229. The van der Waals surface area contributed by atoms with Gasteiger partial charge in [0.1, 0.15) is 11.2 Å². The van der Waals surface area contributed by atoms with Crippen molar-refractivity contribution in [2.45, 2.75) is 32.7 Å². The molecule has 1 amide bonds. The molecular formula is C14H16N2O4S. The van der Waals surface area contributed by atoms with Gasteiger partial charge in [-0.3, -0.25) is 4.79 Å². The molecule has 0 fully saturated rings. The van der Waals surface area contributed by atoms with E-state index >= 15 is 0 Å². The molecule has 0 aliphatic rings. The van der Waals surface area contributed by atoms with E-state index < -0.39 is 17.4 Å². The zero-order valence-electron chi connectivity index (χ0n) is 12.0. The molecule has 0 spiro atoms. The molecule has 0 saturated heterocycles. The molecule has 2 aromatic heterocycles. The van der Waals surface area contributed by atoms with Gasteiger partial charge in [-0.15, -0.1) is 11.3 Å². The maximum absolute atomic E-state index is 12.3. The molecular weight excluding hydrogens is 292 g/mol. The Hall–Kier alpha value is -2.15. The van der Waals surface area contributed by atoms with Gasteiger partial charge < -0.3 is 14.8 Å². The minimum atomic E-state index is -1.31. The van der Waals surface area contributed by atoms with Crippen LogP contribution in [-0.2, 0) is 4.79 Å². The fraction of sp³-hybridized carbons (Fsp3) is 0.357. The number of furan rings is 1. The number of amides is 1. The lowest BCUT2D eigenvalue weighted by molar-refractivity contribution is -0.143. The molecule has 2 heterocycles. The first-order chi connectivity index (χ1) is 9.87. The highest BCUT2D eigenvalue weighted by molar-refractivity contribution is 7.15. The predicted molar refractivity (Wildman–Crippen MR) is 78.4 cm³/mol. The summed E-state index contributed by atoms with van der Waals surface area (Å²) in [6, 6.07) is 3.50. The number of nitrogens with one attached hydrogen (secondary N) is 1. The second-order valence-electron chi connectivity index (χ2n) is 4.85. The fourth-order valence-corrected chi connectivity index (χ4v) is 2.59. The number of aryl methyl sites for hydroxylation is 1. The summed E-state index contributed by atoms with van der Waals surface area (Å²) in [7, 11) is 0. The lowest BCUT2D eigenvalue weighted by Gasteiger charge is -2.24. The summed E-state index contributed by atoms with van der Waals surface area (Å²) in [5.74, 6) is -0.982. The molecule has 0 bridgehead atoms. The Bertz CT molecular complexity index is 663. The number of carbonyl (C=O) groups excluding carboxylic acids is 1. The van der Waals surface area contributed by atoms with Gasteiger partial charge in [-0.05, 0) is 32.4 Å². The molecule has 7 heteroatoms. The van der Waals surface area contributed by atoms with Crippen LogP contribution in [0.15, 0.2) is 22.8 Å². The van der Waals surface area contributed by atoms with Crippen LogP contribution in [0.4, 0.5) is 0 Å². The molecule has 0 aromatic carbocycles. The van der Waals surface area contributed by atoms with E-state index in [0.717, 1.165) is 0 Å². The summed E-state index contributed by atoms with van der Waals surface area (Å²) in [5.41, 5.74) is -1.08. The number of carboxylic acids is 1. The van der Waals surface area contributed by atoms with Crippen molar-refractivity contribution in [3.63, 3.8) is 0 Å². The van der Waals surface area contributed by atoms with Gasteiger partial charge in [-0.1, -0.05) is 6.92 Å². The summed E-state index contributed by atoms with van der Waals surface area (Å²) in [6.45, 7) is 4.95. The van der Waals surface area contributed by atoms with Gasteiger partial charge in [0.2, 0.25) is 0 Å². The van der Waals surface area contributed by atoms with Gasteiger partial charge in [0, 0.05) is 4.88 Å². The Kier molecular flexibility index (Phi) is 4.13. The zero-order valence-corrected chi connectivity index (χ0v) is 12.8. The van der Waals surface area contributed by atoms with Gasteiger partial charge in [-0.25, -0.2) is 9.78 Å². The molecule has 0 saturated carbocycles. The standard InChI is InChI=1S/C14H16N2O4S/c1-4-14(3,13(18)19)16-11(17)10-8(2)21-12(15-10)9-6-5-7-20-9/h5-7H,4H2,1-3H3,(H,16,17)(H,18,19). The molecule has 2 rings (SSSR count). The summed E-state index contributed by atoms with van der Waals surface area (Å²) in [5, 5.41) is 12.3. The number of hydrogen-bond donors (Lipinski definition) is 2. The van der Waals surface area contributed by atoms with Crippen molar-refractivity contribution in [1.82, 2.24) is 10.3 Å². The highest BCUT2D eigenvalue weighted by Crippen LogP contribution is 2.28. The van der Waals surface area contributed by atoms with Crippen LogP contribution < -0.4 is 5.32 Å². The third-order valence-corrected chi connectivity index (χ3v) is 4.30. The third-order valence-electron chi connectivity index (χ3n) is 3.31. The predicted octanol–water partition coefficient (Wildman–Crippen LogP) is 2.69. The van der Waals surface area contributed by atoms with Crippen LogP contribution in [0.25, 0.3) is 10.8 Å². The maximum Gasteiger partial charge on any atom is 0.329 e. The van der Waals surface area contributed by atoms with E-state index in [9.17, 15) is 14.7 Å². The van der Waals surface area contributed by atoms with Crippen LogP contribution in [0.2, 0.25) is 0 Å². The van der Waals surface area contributed by atoms with Crippen molar-refractivity contribution in [3.05, 3.63) is 29.0 Å². The molecule has 0 aliphatic heterocycles. The van der Waals surface area contributed by atoms with E-state index in [2.05, 4.69) is 10.3 Å². The Morgan fingerprint density at radius 2 is 2.24 bits per heavy atom. The van der Waals surface area contributed by atoms with E-state index in [4.69, 9.17) is 4.42 Å². The topological polar surface area (TPSA) is 92.4 Å². The van der Waals surface area contributed by atoms with Crippen molar-refractivity contribution in [3.8, 4) is 10.8 Å². The first-order valence-electron chi connectivity index (χ1n) is 6.44. The van der Waals surface area contributed by atoms with Crippen molar-refractivity contribution in [1.29, 1.82) is 0 Å². The van der Waals surface area contributed by atoms with Crippen LogP contribution in [0, 0.1) is 6.92 Å². The Labute approximate surface area is 125 Å². The van der Waals surface area contributed by atoms with Crippen LogP contribution in [0.3, 0.4) is 0 Å². The summed E-state index contributed by atoms with van der Waals surface area (Å²) < 4.78 is 5.25. The Morgan fingerprint density at radius 3 is 2.76 bits per heavy atom. The van der Waals surface area contributed by atoms with Crippen LogP contribution in [-0.4, -0.2) is 27.5 Å². The average molecular weight is 308 g/mol. The van der Waals surface area contributed by atoms with Gasteiger partial charge in [0.25, 0.3) is 5.91 Å². The summed E-state index contributed by atoms with van der Waals surface area (Å²) >= 11 is 1.33. The van der Waals surface area contributed by atoms with Crippen molar-refractivity contribution in [2.24, 2.45) is 0 Å². The number of carbonyl (C=O) groups is 2. The lowest BCUT2D eigenvalue weighted by atomic mass is 9.99. The van der Waals surface area contributed by atoms with E-state index in [1.54, 1.807) is 26.0 Å². The zero-order chi connectivity index (χ0) is 15.6.